The zero-order valence-corrected chi connectivity index (χ0v) is 12.0. The number of ether oxygens (including phenoxy) is 1. The summed E-state index contributed by atoms with van der Waals surface area (Å²) in [6.07, 6.45) is 11.8. The lowest BCUT2D eigenvalue weighted by atomic mass is 9.94. The van der Waals surface area contributed by atoms with Crippen molar-refractivity contribution in [2.24, 2.45) is 17.8 Å². The number of methoxy groups -OCH3 is 1. The predicted octanol–water partition coefficient (Wildman–Crippen LogP) is 3.56. The largest absolute Gasteiger partial charge is 0.497 e. The van der Waals surface area contributed by atoms with Gasteiger partial charge in [0.25, 0.3) is 0 Å². The van der Waals surface area contributed by atoms with E-state index in [9.17, 15) is 4.79 Å². The first-order chi connectivity index (χ1) is 8.93. The number of hydrogen-bond acceptors (Lipinski definition) is 2. The minimum Gasteiger partial charge on any atom is -0.497 e. The van der Waals surface area contributed by atoms with Crippen LogP contribution in [0.15, 0.2) is 47.8 Å². The molecule has 0 aromatic heterocycles. The van der Waals surface area contributed by atoms with Crippen LogP contribution >= 0.6 is 0 Å². The first-order valence-corrected chi connectivity index (χ1v) is 6.50. The Balaban J connectivity index is 3.09. The number of rotatable bonds is 3. The van der Waals surface area contributed by atoms with Crippen molar-refractivity contribution in [3.8, 4) is 0 Å². The highest BCUT2D eigenvalue weighted by Gasteiger charge is 2.15. The van der Waals surface area contributed by atoms with Gasteiger partial charge in [0.05, 0.1) is 13.0 Å². The molecule has 1 aliphatic rings. The van der Waals surface area contributed by atoms with Crippen LogP contribution in [-0.4, -0.2) is 18.2 Å². The fourth-order valence-electron chi connectivity index (χ4n) is 1.86. The third-order valence-corrected chi connectivity index (χ3v) is 3.14. The van der Waals surface area contributed by atoms with Crippen molar-refractivity contribution in [2.45, 2.75) is 20.8 Å². The summed E-state index contributed by atoms with van der Waals surface area (Å²) in [5, 5.41) is 9.13. The normalized spacial score (nSPS) is 34.1. The summed E-state index contributed by atoms with van der Waals surface area (Å²) in [6.45, 7) is 5.77. The van der Waals surface area contributed by atoms with E-state index in [1.54, 1.807) is 14.0 Å². The van der Waals surface area contributed by atoms with Crippen LogP contribution in [0.2, 0.25) is 0 Å². The van der Waals surface area contributed by atoms with Crippen molar-refractivity contribution >= 4 is 5.97 Å². The van der Waals surface area contributed by atoms with Gasteiger partial charge in [-0.15, -0.1) is 0 Å². The Labute approximate surface area is 115 Å². The molecule has 0 heterocycles. The maximum atomic E-state index is 11.1. The summed E-state index contributed by atoms with van der Waals surface area (Å²) in [5.41, 5.74) is 0.839. The molecule has 0 fully saturated rings. The second-order valence-electron chi connectivity index (χ2n) is 4.94. The summed E-state index contributed by atoms with van der Waals surface area (Å²) in [5.74, 6) is -0.118. The minimum atomic E-state index is -0.801. The average Bonchev–Trinajstić information content (AvgIpc) is 2.37. The lowest BCUT2D eigenvalue weighted by Gasteiger charge is -2.13. The number of carbonyl (C=O) groups is 1. The maximum Gasteiger partial charge on any atom is 0.310 e. The van der Waals surface area contributed by atoms with Crippen molar-refractivity contribution in [1.82, 2.24) is 0 Å². The van der Waals surface area contributed by atoms with Crippen LogP contribution in [0.4, 0.5) is 0 Å². The highest BCUT2D eigenvalue weighted by molar-refractivity contribution is 5.74. The highest BCUT2D eigenvalue weighted by atomic mass is 16.5. The first-order valence-electron chi connectivity index (χ1n) is 6.50. The van der Waals surface area contributed by atoms with Crippen molar-refractivity contribution in [2.75, 3.05) is 7.11 Å². The fourth-order valence-corrected chi connectivity index (χ4v) is 1.86. The Morgan fingerprint density at radius 1 is 1.21 bits per heavy atom. The molecule has 1 N–H and O–H groups in total. The van der Waals surface area contributed by atoms with E-state index in [-0.39, 0.29) is 11.8 Å². The van der Waals surface area contributed by atoms with Gasteiger partial charge in [0.2, 0.25) is 0 Å². The second-order valence-corrected chi connectivity index (χ2v) is 4.94. The molecule has 3 unspecified atom stereocenters. The van der Waals surface area contributed by atoms with Crippen LogP contribution in [0.5, 0.6) is 0 Å². The van der Waals surface area contributed by atoms with Crippen LogP contribution in [0.25, 0.3) is 0 Å². The molecule has 1 rings (SSSR count). The standard InChI is InChI=1S/C16H22O3/c1-11-6-8-15(19-4)10-12(2)5-7-14(9-11)13(3)16(17)18/h5-13H,1-4H3,(H,17,18)/b7-5-,8-6-,14-9+,15-10+. The molecule has 19 heavy (non-hydrogen) atoms. The molecule has 3 atom stereocenters. The van der Waals surface area contributed by atoms with Gasteiger partial charge in [-0.05, 0) is 36.5 Å². The lowest BCUT2D eigenvalue weighted by molar-refractivity contribution is -0.139. The molecule has 3 heteroatoms. The molecular weight excluding hydrogens is 240 g/mol. The topological polar surface area (TPSA) is 46.5 Å². The van der Waals surface area contributed by atoms with Gasteiger partial charge in [-0.1, -0.05) is 38.2 Å². The number of allylic oxidation sites excluding steroid dienone is 6. The Morgan fingerprint density at radius 3 is 2.37 bits per heavy atom. The third kappa shape index (κ3) is 4.78. The van der Waals surface area contributed by atoms with Crippen molar-refractivity contribution in [1.29, 1.82) is 0 Å². The van der Waals surface area contributed by atoms with Gasteiger partial charge in [0.1, 0.15) is 5.76 Å². The zero-order chi connectivity index (χ0) is 14.4. The van der Waals surface area contributed by atoms with Crippen LogP contribution in [0.1, 0.15) is 20.8 Å². The summed E-state index contributed by atoms with van der Waals surface area (Å²) >= 11 is 0. The maximum absolute atomic E-state index is 11.1. The summed E-state index contributed by atoms with van der Waals surface area (Å²) in [6, 6.07) is 0. The minimum absolute atomic E-state index is 0.161. The van der Waals surface area contributed by atoms with E-state index in [1.807, 2.05) is 50.3 Å². The molecular formula is C16H22O3. The van der Waals surface area contributed by atoms with Crippen molar-refractivity contribution in [3.63, 3.8) is 0 Å². The van der Waals surface area contributed by atoms with Crippen LogP contribution in [0.3, 0.4) is 0 Å². The average molecular weight is 262 g/mol. The van der Waals surface area contributed by atoms with Crippen LogP contribution in [-0.2, 0) is 9.53 Å². The molecule has 3 nitrogen and oxygen atoms in total. The number of carboxylic acid groups (broad SMARTS) is 1. The third-order valence-electron chi connectivity index (χ3n) is 3.14. The Morgan fingerprint density at radius 2 is 1.79 bits per heavy atom. The van der Waals surface area contributed by atoms with Gasteiger partial charge in [0, 0.05) is 0 Å². The predicted molar refractivity (Wildman–Crippen MR) is 76.6 cm³/mol. The monoisotopic (exact) mass is 262 g/mol. The number of hydrogen-bond donors (Lipinski definition) is 1. The molecule has 0 spiro atoms. The van der Waals surface area contributed by atoms with E-state index in [2.05, 4.69) is 0 Å². The summed E-state index contributed by atoms with van der Waals surface area (Å²) in [7, 11) is 1.65. The van der Waals surface area contributed by atoms with Crippen LogP contribution < -0.4 is 0 Å². The van der Waals surface area contributed by atoms with Gasteiger partial charge in [-0.2, -0.15) is 0 Å². The summed E-state index contributed by atoms with van der Waals surface area (Å²) < 4.78 is 5.28. The van der Waals surface area contributed by atoms with Crippen molar-refractivity contribution < 1.29 is 14.6 Å². The van der Waals surface area contributed by atoms with Crippen LogP contribution in [0, 0.1) is 17.8 Å². The van der Waals surface area contributed by atoms with E-state index in [0.717, 1.165) is 11.3 Å². The molecule has 1 aliphatic carbocycles. The Kier molecular flexibility index (Phi) is 5.61. The van der Waals surface area contributed by atoms with E-state index in [4.69, 9.17) is 9.84 Å². The Bertz CT molecular complexity index is 441. The molecule has 104 valence electrons. The lowest BCUT2D eigenvalue weighted by Crippen LogP contribution is -2.12. The molecule has 0 aromatic carbocycles. The van der Waals surface area contributed by atoms with Gasteiger partial charge < -0.3 is 9.84 Å². The quantitative estimate of drug-likeness (QED) is 0.846. The molecule has 0 aromatic rings. The van der Waals surface area contributed by atoms with Gasteiger partial charge >= 0.3 is 5.97 Å². The first kappa shape index (κ1) is 15.3. The molecule has 0 amide bonds. The zero-order valence-electron chi connectivity index (χ0n) is 12.0. The molecule has 0 radical (unpaired) electrons. The second kappa shape index (κ2) is 6.98. The van der Waals surface area contributed by atoms with Gasteiger partial charge in [-0.25, -0.2) is 0 Å². The molecule has 0 saturated carbocycles. The van der Waals surface area contributed by atoms with E-state index in [1.165, 1.54) is 0 Å². The number of aliphatic carboxylic acids is 1. The molecule has 0 aliphatic heterocycles. The van der Waals surface area contributed by atoms with E-state index >= 15 is 0 Å². The highest BCUT2D eigenvalue weighted by Crippen LogP contribution is 2.20. The molecule has 0 bridgehead atoms. The molecule has 0 saturated heterocycles. The smallest absolute Gasteiger partial charge is 0.310 e. The van der Waals surface area contributed by atoms with E-state index in [0.29, 0.717) is 0 Å². The van der Waals surface area contributed by atoms with Crippen molar-refractivity contribution in [3.05, 3.63) is 47.8 Å². The SMILES string of the molecule is COC1=C/C(C)/C=C\C(C(C)C(=O)O)=C/C(C)/C=C\1. The van der Waals surface area contributed by atoms with Gasteiger partial charge in [0.15, 0.2) is 0 Å². The Hall–Kier alpha value is -1.77. The van der Waals surface area contributed by atoms with Gasteiger partial charge in [-0.3, -0.25) is 4.79 Å². The summed E-state index contributed by atoms with van der Waals surface area (Å²) in [4.78, 5) is 11.1. The number of carboxylic acids is 1. The van der Waals surface area contributed by atoms with E-state index < -0.39 is 11.9 Å². The fraction of sp³-hybridized carbons (Fsp3) is 0.438.